The fourth-order valence-electron chi connectivity index (χ4n) is 1.86. The molecule has 1 amide bonds. The van der Waals surface area contributed by atoms with Gasteiger partial charge in [0.15, 0.2) is 0 Å². The molecule has 0 aliphatic carbocycles. The maximum atomic E-state index is 12.5. The van der Waals surface area contributed by atoms with Gasteiger partial charge >= 0.3 is 0 Å². The van der Waals surface area contributed by atoms with Crippen molar-refractivity contribution in [2.45, 2.75) is 24.8 Å². The molecule has 0 aliphatic heterocycles. The second kappa shape index (κ2) is 6.33. The summed E-state index contributed by atoms with van der Waals surface area (Å²) in [6.07, 6.45) is 2.66. The van der Waals surface area contributed by atoms with Crippen LogP contribution >= 0.6 is 0 Å². The lowest BCUT2D eigenvalue weighted by Crippen LogP contribution is -2.37. The van der Waals surface area contributed by atoms with E-state index >= 15 is 0 Å². The Bertz CT molecular complexity index is 764. The normalized spacial score (nSPS) is 12.9. The smallest absolute Gasteiger partial charge is 0.267 e. The second-order valence-electron chi connectivity index (χ2n) is 5.16. The predicted molar refractivity (Wildman–Crippen MR) is 84.2 cm³/mol. The van der Waals surface area contributed by atoms with Crippen molar-refractivity contribution in [2.24, 2.45) is 5.73 Å². The van der Waals surface area contributed by atoms with Crippen LogP contribution in [-0.2, 0) is 10.0 Å². The Morgan fingerprint density at radius 1 is 1.27 bits per heavy atom. The monoisotopic (exact) mass is 321 g/mol. The minimum atomic E-state index is -3.69. The molecule has 0 saturated heterocycles. The van der Waals surface area contributed by atoms with E-state index in [4.69, 9.17) is 5.73 Å². The number of nitrogens with one attached hydrogen (secondary N) is 1. The van der Waals surface area contributed by atoms with Crippen molar-refractivity contribution in [3.8, 4) is 0 Å². The summed E-state index contributed by atoms with van der Waals surface area (Å²) < 4.78 is 26.0. The summed E-state index contributed by atoms with van der Waals surface area (Å²) >= 11 is 0. The van der Waals surface area contributed by atoms with Gasteiger partial charge in [0.2, 0.25) is 0 Å². The lowest BCUT2D eigenvalue weighted by atomic mass is 10.2. The van der Waals surface area contributed by atoms with Crippen molar-refractivity contribution in [3.05, 3.63) is 53.9 Å². The molecule has 2 aromatic rings. The average molecular weight is 321 g/mol. The van der Waals surface area contributed by atoms with Crippen LogP contribution in [0.5, 0.6) is 0 Å². The molecule has 1 aromatic heterocycles. The third kappa shape index (κ3) is 3.37. The Balaban J connectivity index is 2.27. The van der Waals surface area contributed by atoms with Gasteiger partial charge in [0.1, 0.15) is 0 Å². The zero-order chi connectivity index (χ0) is 16.3. The van der Waals surface area contributed by atoms with E-state index in [1.807, 2.05) is 6.92 Å². The third-order valence-corrected chi connectivity index (χ3v) is 4.91. The van der Waals surface area contributed by atoms with Crippen molar-refractivity contribution >= 4 is 15.9 Å². The van der Waals surface area contributed by atoms with Crippen LogP contribution in [0.4, 0.5) is 0 Å². The summed E-state index contributed by atoms with van der Waals surface area (Å²) in [6.45, 7) is 3.97. The molecule has 3 N–H and O–H groups in total. The minimum absolute atomic E-state index is 0.176. The van der Waals surface area contributed by atoms with E-state index in [0.29, 0.717) is 6.54 Å². The van der Waals surface area contributed by atoms with E-state index in [2.05, 4.69) is 5.32 Å². The van der Waals surface area contributed by atoms with Gasteiger partial charge in [-0.1, -0.05) is 17.7 Å². The molecule has 1 aromatic carbocycles. The second-order valence-corrected chi connectivity index (χ2v) is 7.00. The van der Waals surface area contributed by atoms with E-state index in [0.717, 1.165) is 9.54 Å². The van der Waals surface area contributed by atoms with E-state index in [1.54, 1.807) is 31.2 Å². The van der Waals surface area contributed by atoms with Crippen molar-refractivity contribution < 1.29 is 13.2 Å². The first-order valence-corrected chi connectivity index (χ1v) is 8.30. The summed E-state index contributed by atoms with van der Waals surface area (Å²) in [5.41, 5.74) is 6.69. The Morgan fingerprint density at radius 2 is 1.91 bits per heavy atom. The molecule has 0 bridgehead atoms. The van der Waals surface area contributed by atoms with E-state index in [9.17, 15) is 13.2 Å². The van der Waals surface area contributed by atoms with Gasteiger partial charge in [-0.3, -0.25) is 4.79 Å². The molecule has 1 heterocycles. The topological polar surface area (TPSA) is 94.2 Å². The molecule has 0 unspecified atom stereocenters. The first-order chi connectivity index (χ1) is 10.3. The fourth-order valence-corrected chi connectivity index (χ4v) is 3.06. The number of hydrogen-bond donors (Lipinski definition) is 2. The van der Waals surface area contributed by atoms with Crippen LogP contribution in [0.25, 0.3) is 0 Å². The molecular formula is C15H19N3O3S. The largest absolute Gasteiger partial charge is 0.348 e. The third-order valence-electron chi connectivity index (χ3n) is 3.26. The van der Waals surface area contributed by atoms with E-state index < -0.39 is 10.0 Å². The summed E-state index contributed by atoms with van der Waals surface area (Å²) in [5, 5.41) is 2.69. The highest BCUT2D eigenvalue weighted by Gasteiger charge is 2.18. The van der Waals surface area contributed by atoms with Gasteiger partial charge in [0.25, 0.3) is 15.9 Å². The average Bonchev–Trinajstić information content (AvgIpc) is 2.98. The molecule has 6 nitrogen and oxygen atoms in total. The zero-order valence-corrected chi connectivity index (χ0v) is 13.3. The first-order valence-electron chi connectivity index (χ1n) is 6.86. The van der Waals surface area contributed by atoms with Crippen LogP contribution in [0, 0.1) is 6.92 Å². The number of aromatic nitrogens is 1. The Kier molecular flexibility index (Phi) is 4.68. The number of rotatable bonds is 5. The van der Waals surface area contributed by atoms with Crippen LogP contribution in [-0.4, -0.2) is 30.9 Å². The number of nitrogens with zero attached hydrogens (tertiary/aromatic N) is 1. The zero-order valence-electron chi connectivity index (χ0n) is 12.5. The van der Waals surface area contributed by atoms with Crippen LogP contribution in [0.1, 0.15) is 22.8 Å². The number of carbonyl (C=O) groups excluding carboxylic acids is 1. The Hall–Kier alpha value is -2.12. The lowest BCUT2D eigenvalue weighted by Gasteiger charge is -2.10. The SMILES string of the molecule is Cc1ccc(S(=O)(=O)n2ccc(C(=O)N[C@@H](C)CN)c2)cc1. The number of aryl methyl sites for hydroxylation is 1. The first kappa shape index (κ1) is 16.3. The Labute approximate surface area is 130 Å². The summed E-state index contributed by atoms with van der Waals surface area (Å²) in [4.78, 5) is 12.1. The molecule has 0 saturated carbocycles. The predicted octanol–water partition coefficient (Wildman–Crippen LogP) is 1.11. The highest BCUT2D eigenvalue weighted by molar-refractivity contribution is 7.90. The van der Waals surface area contributed by atoms with Crippen molar-refractivity contribution in [1.82, 2.24) is 9.29 Å². The molecule has 1 atom stereocenters. The van der Waals surface area contributed by atoms with Gasteiger partial charge in [-0.2, -0.15) is 0 Å². The van der Waals surface area contributed by atoms with Gasteiger partial charge in [-0.25, -0.2) is 12.4 Å². The van der Waals surface area contributed by atoms with Gasteiger partial charge in [0.05, 0.1) is 10.5 Å². The summed E-state index contributed by atoms with van der Waals surface area (Å²) in [5.74, 6) is -0.351. The number of carbonyl (C=O) groups is 1. The molecule has 7 heteroatoms. The van der Waals surface area contributed by atoms with Crippen LogP contribution < -0.4 is 11.1 Å². The van der Waals surface area contributed by atoms with Gasteiger partial charge in [0, 0.05) is 25.0 Å². The number of hydrogen-bond acceptors (Lipinski definition) is 4. The molecule has 118 valence electrons. The molecule has 0 radical (unpaired) electrons. The standard InChI is InChI=1S/C15H19N3O3S/c1-11-3-5-14(6-4-11)22(20,21)18-8-7-13(10-18)15(19)17-12(2)9-16/h3-8,10,12H,9,16H2,1-2H3,(H,17,19)/t12-/m0/s1. The molecule has 22 heavy (non-hydrogen) atoms. The number of nitrogens with two attached hydrogens (primary N) is 1. The molecule has 2 rings (SSSR count). The summed E-state index contributed by atoms with van der Waals surface area (Å²) in [7, 11) is -3.69. The summed E-state index contributed by atoms with van der Waals surface area (Å²) in [6, 6.07) is 7.83. The molecule has 0 aliphatic rings. The lowest BCUT2D eigenvalue weighted by molar-refractivity contribution is 0.0941. The quantitative estimate of drug-likeness (QED) is 0.862. The minimum Gasteiger partial charge on any atom is -0.348 e. The van der Waals surface area contributed by atoms with Crippen molar-refractivity contribution in [3.63, 3.8) is 0 Å². The van der Waals surface area contributed by atoms with E-state index in [1.165, 1.54) is 18.5 Å². The van der Waals surface area contributed by atoms with Crippen molar-refractivity contribution in [1.29, 1.82) is 0 Å². The highest BCUT2D eigenvalue weighted by atomic mass is 32.2. The Morgan fingerprint density at radius 3 is 2.50 bits per heavy atom. The van der Waals surface area contributed by atoms with Crippen LogP contribution in [0.2, 0.25) is 0 Å². The molecular weight excluding hydrogens is 302 g/mol. The van der Waals surface area contributed by atoms with E-state index in [-0.39, 0.29) is 22.4 Å². The molecule has 0 spiro atoms. The van der Waals surface area contributed by atoms with Gasteiger partial charge in [-0.05, 0) is 32.0 Å². The maximum Gasteiger partial charge on any atom is 0.267 e. The van der Waals surface area contributed by atoms with Crippen LogP contribution in [0.15, 0.2) is 47.6 Å². The fraction of sp³-hybridized carbons (Fsp3) is 0.267. The molecule has 0 fully saturated rings. The van der Waals surface area contributed by atoms with Gasteiger partial charge in [-0.15, -0.1) is 0 Å². The van der Waals surface area contributed by atoms with Gasteiger partial charge < -0.3 is 11.1 Å². The number of benzene rings is 1. The van der Waals surface area contributed by atoms with Crippen molar-refractivity contribution in [2.75, 3.05) is 6.54 Å². The maximum absolute atomic E-state index is 12.5. The van der Waals surface area contributed by atoms with Crippen LogP contribution in [0.3, 0.4) is 0 Å². The highest BCUT2D eigenvalue weighted by Crippen LogP contribution is 2.16. The number of amides is 1.